The molecular formula is C27H56Cl2F8K2N4O7S2-2. The molecular weight excluding hydrogens is 858 g/mol. The minimum absolute atomic E-state index is 0. The summed E-state index contributed by atoms with van der Waals surface area (Å²) in [5.74, 6) is 0.167. The molecule has 2 saturated heterocycles. The molecule has 2 fully saturated rings. The molecule has 2 atom stereocenters. The van der Waals surface area contributed by atoms with Gasteiger partial charge in [-0.25, -0.2) is 34.4 Å². The summed E-state index contributed by atoms with van der Waals surface area (Å²) in [7, 11) is -8.06. The predicted octanol–water partition coefficient (Wildman–Crippen LogP) is -6.58. The number of likely N-dealkylation sites (N-methyl/N-ethyl adjacent to an activating group) is 2. The van der Waals surface area contributed by atoms with E-state index in [0.717, 1.165) is 0 Å². The van der Waals surface area contributed by atoms with Gasteiger partial charge in [-0.1, -0.05) is 41.5 Å². The van der Waals surface area contributed by atoms with Crippen molar-refractivity contribution in [2.75, 3.05) is 53.4 Å². The van der Waals surface area contributed by atoms with Crippen LogP contribution >= 0.6 is 0 Å². The van der Waals surface area contributed by atoms with E-state index in [1.165, 1.54) is 78.8 Å². The number of alkyl halides is 8. The maximum Gasteiger partial charge on any atom is 1.00 e. The minimum Gasteiger partial charge on any atom is -1.00 e. The second-order valence-corrected chi connectivity index (χ2v) is 13.5. The van der Waals surface area contributed by atoms with Gasteiger partial charge in [0.15, 0.2) is 20.2 Å². The summed E-state index contributed by atoms with van der Waals surface area (Å²) < 4.78 is 145. The van der Waals surface area contributed by atoms with Gasteiger partial charge in [0.1, 0.15) is 5.78 Å². The SMILES string of the molecule is C.C.CC(C)=O.CCCCN1CCN(C)C1C.CCCCN1CCN(C)C1C.O=S(=O)([O-])C(F)(F)C(F)F.O=S(=O)([O-])C(F)(F)C(F)F.[Cl-].[Cl-].[K+].[K+]. The molecule has 0 spiro atoms. The summed E-state index contributed by atoms with van der Waals surface area (Å²) in [5.41, 5.74) is 0. The van der Waals surface area contributed by atoms with Crippen molar-refractivity contribution in [3.63, 3.8) is 0 Å². The van der Waals surface area contributed by atoms with Crippen molar-refractivity contribution < 1.29 is 193 Å². The molecule has 2 aliphatic heterocycles. The fraction of sp³-hybridized carbons (Fsp3) is 0.963. The molecule has 11 nitrogen and oxygen atoms in total. The first-order chi connectivity index (χ1) is 20.6. The molecule has 0 bridgehead atoms. The van der Waals surface area contributed by atoms with Gasteiger partial charge in [0, 0.05) is 26.2 Å². The second kappa shape index (κ2) is 36.7. The van der Waals surface area contributed by atoms with Gasteiger partial charge in [-0.3, -0.25) is 19.6 Å². The topological polar surface area (TPSA) is 144 Å². The van der Waals surface area contributed by atoms with Gasteiger partial charge in [-0.2, -0.15) is 17.6 Å². The number of hydrogen-bond donors (Lipinski definition) is 0. The van der Waals surface area contributed by atoms with Crippen LogP contribution in [-0.4, -0.2) is 140 Å². The summed E-state index contributed by atoms with van der Waals surface area (Å²) in [4.78, 5) is 19.4. The standard InChI is InChI=1S/2C9H20N2.C3H6O.2C2H2F4O3S.2CH4.2ClH.2K/c2*1-4-5-6-11-8-7-10(3)9(11)2;1-3(2)4;2*3-1(4)2(5,6)10(7,8)9;;;;;;/h2*9H,4-8H2,1-3H3;1-2H3;2*1H,(H,7,8,9);2*1H4;2*1H;;/q;;;;;;;;;2*+1/p-4. The molecule has 25 heteroatoms. The number of nitrogens with zero attached hydrogens (tertiary/aromatic N) is 4. The van der Waals surface area contributed by atoms with Gasteiger partial charge in [0.05, 0.1) is 12.3 Å². The summed E-state index contributed by atoms with van der Waals surface area (Å²) in [6.45, 7) is 19.7. The van der Waals surface area contributed by atoms with Crippen LogP contribution < -0.4 is 128 Å². The third-order valence-corrected chi connectivity index (χ3v) is 8.27. The third kappa shape index (κ3) is 31.6. The molecule has 0 radical (unpaired) electrons. The normalized spacial score (nSPS) is 17.8. The fourth-order valence-electron chi connectivity index (χ4n) is 3.42. The van der Waals surface area contributed by atoms with E-state index < -0.39 is 43.6 Å². The molecule has 0 aromatic heterocycles. The van der Waals surface area contributed by atoms with Crippen LogP contribution in [0.1, 0.15) is 82.1 Å². The van der Waals surface area contributed by atoms with Crippen LogP contribution in [0.3, 0.4) is 0 Å². The smallest absolute Gasteiger partial charge is 1.00 e. The molecule has 0 aliphatic carbocycles. The molecule has 312 valence electrons. The zero-order valence-electron chi connectivity index (χ0n) is 30.1. The van der Waals surface area contributed by atoms with E-state index in [4.69, 9.17) is 0 Å². The number of carbonyl (C=O) groups excluding carboxylic acids is 1. The van der Waals surface area contributed by atoms with Gasteiger partial charge in [-0.15, -0.1) is 0 Å². The van der Waals surface area contributed by atoms with Gasteiger partial charge < -0.3 is 38.7 Å². The first-order valence-corrected chi connectivity index (χ1v) is 17.0. The summed E-state index contributed by atoms with van der Waals surface area (Å²) in [6.07, 6.45) is -2.30. The second-order valence-electron chi connectivity index (χ2n) is 10.5. The zero-order valence-corrected chi connectivity index (χ0v) is 39.5. The van der Waals surface area contributed by atoms with Crippen molar-refractivity contribution in [1.29, 1.82) is 0 Å². The third-order valence-electron chi connectivity index (χ3n) is 6.59. The van der Waals surface area contributed by atoms with Crippen molar-refractivity contribution in [1.82, 2.24) is 19.6 Å². The Morgan fingerprint density at radius 2 is 0.885 bits per heavy atom. The van der Waals surface area contributed by atoms with Crippen LogP contribution in [0, 0.1) is 0 Å². The van der Waals surface area contributed by atoms with Crippen LogP contribution in [0.15, 0.2) is 0 Å². The average Bonchev–Trinajstić information content (AvgIpc) is 3.40. The maximum atomic E-state index is 11.4. The van der Waals surface area contributed by atoms with E-state index in [1.54, 1.807) is 0 Å². The van der Waals surface area contributed by atoms with Gasteiger partial charge in [0.2, 0.25) is 0 Å². The van der Waals surface area contributed by atoms with E-state index in [-0.39, 0.29) is 148 Å². The van der Waals surface area contributed by atoms with E-state index >= 15 is 0 Å². The minimum atomic E-state index is -6.23. The Labute approximate surface area is 404 Å². The Bertz CT molecular complexity index is 1010. The van der Waals surface area contributed by atoms with Gasteiger partial charge in [0.25, 0.3) is 0 Å². The zero-order chi connectivity index (χ0) is 37.3. The van der Waals surface area contributed by atoms with Gasteiger partial charge >= 0.3 is 126 Å². The summed E-state index contributed by atoms with van der Waals surface area (Å²) >= 11 is 0. The van der Waals surface area contributed by atoms with Crippen molar-refractivity contribution in [2.45, 2.75) is 118 Å². The monoisotopic (exact) mass is 912 g/mol. The number of unbranched alkanes of at least 4 members (excludes halogenated alkanes) is 2. The Hall–Kier alpha value is 2.62. The predicted molar refractivity (Wildman–Crippen MR) is 168 cm³/mol. The maximum absolute atomic E-state index is 11.4. The molecule has 0 saturated carbocycles. The van der Waals surface area contributed by atoms with Crippen LogP contribution in [-0.2, 0) is 25.0 Å². The molecule has 2 aliphatic rings. The first-order valence-electron chi connectivity index (χ1n) is 14.2. The van der Waals surface area contributed by atoms with E-state index in [1.807, 2.05) is 0 Å². The van der Waals surface area contributed by atoms with Crippen LogP contribution in [0.25, 0.3) is 0 Å². The van der Waals surface area contributed by atoms with Gasteiger partial charge in [-0.05, 0) is 67.7 Å². The molecule has 0 aromatic rings. The molecule has 2 unspecified atom stereocenters. The molecule has 52 heavy (non-hydrogen) atoms. The summed E-state index contributed by atoms with van der Waals surface area (Å²) in [5, 5.41) is -11.0. The number of hydrogen-bond acceptors (Lipinski definition) is 11. The van der Waals surface area contributed by atoms with E-state index in [2.05, 4.69) is 61.4 Å². The van der Waals surface area contributed by atoms with E-state index in [9.17, 15) is 65.9 Å². The molecule has 0 amide bonds. The summed E-state index contributed by atoms with van der Waals surface area (Å²) in [6, 6.07) is 0. The molecule has 0 N–H and O–H groups in total. The number of ketones is 1. The van der Waals surface area contributed by atoms with Crippen molar-refractivity contribution >= 4 is 26.0 Å². The first kappa shape index (κ1) is 75.5. The van der Waals surface area contributed by atoms with Crippen molar-refractivity contribution in [2.24, 2.45) is 0 Å². The average molecular weight is 914 g/mol. The van der Waals surface area contributed by atoms with Crippen molar-refractivity contribution in [3.8, 4) is 0 Å². The molecule has 0 aromatic carbocycles. The van der Waals surface area contributed by atoms with Crippen LogP contribution in [0.2, 0.25) is 0 Å². The number of Topliss-reactive ketones (excluding diaryl/α,β-unsaturated/α-hetero) is 1. The van der Waals surface area contributed by atoms with E-state index in [0.29, 0.717) is 12.3 Å². The molecule has 2 heterocycles. The van der Waals surface area contributed by atoms with Crippen LogP contribution in [0.5, 0.6) is 0 Å². The molecule has 2 rings (SSSR count). The Balaban J connectivity index is -0.0000000631. The quantitative estimate of drug-likeness (QED) is 0.117. The fourth-order valence-corrected chi connectivity index (χ4v) is 3.85. The Morgan fingerprint density at radius 1 is 0.673 bits per heavy atom. The number of rotatable bonds is 10. The van der Waals surface area contributed by atoms with Crippen LogP contribution in [0.4, 0.5) is 35.1 Å². The Morgan fingerprint density at radius 3 is 0.981 bits per heavy atom. The number of halogens is 10. The Kier molecular flexibility index (Phi) is 53.2. The van der Waals surface area contributed by atoms with Crippen molar-refractivity contribution in [3.05, 3.63) is 0 Å². The number of carbonyl (C=O) groups is 1. The largest absolute Gasteiger partial charge is 1.00 e.